The van der Waals surface area contributed by atoms with E-state index in [-0.39, 0.29) is 23.4 Å². The Morgan fingerprint density at radius 2 is 2.04 bits per heavy atom. The van der Waals surface area contributed by atoms with Crippen molar-refractivity contribution in [3.8, 4) is 0 Å². The average Bonchev–Trinajstić information content (AvgIpc) is 2.96. The first-order valence-electron chi connectivity index (χ1n) is 9.53. The zero-order valence-electron chi connectivity index (χ0n) is 16.5. The minimum Gasteiger partial charge on any atom is -0.342 e. The highest BCUT2D eigenvalue weighted by Gasteiger charge is 2.31. The van der Waals surface area contributed by atoms with E-state index in [0.717, 1.165) is 29.5 Å². The fourth-order valence-electron chi connectivity index (χ4n) is 3.88. The maximum absolute atomic E-state index is 13.0. The highest BCUT2D eigenvalue weighted by molar-refractivity contribution is 7.18. The smallest absolute Gasteiger partial charge is 0.262 e. The van der Waals surface area contributed by atoms with Crippen LogP contribution in [0, 0.1) is 11.3 Å². The summed E-state index contributed by atoms with van der Waals surface area (Å²) in [4.78, 5) is 33.8. The van der Waals surface area contributed by atoms with Gasteiger partial charge in [0.25, 0.3) is 5.56 Å². The predicted octanol–water partition coefficient (Wildman–Crippen LogP) is 3.48. The third kappa shape index (κ3) is 3.43. The van der Waals surface area contributed by atoms with Crippen LogP contribution in [0.4, 0.5) is 0 Å². The number of carbonyl (C=O) groups excluding carboxylic acids is 1. The number of fused-ring (bicyclic) bond motifs is 3. The zero-order chi connectivity index (χ0) is 19.1. The Bertz CT molecular complexity index is 872. The summed E-state index contributed by atoms with van der Waals surface area (Å²) in [5.74, 6) is 0.602. The first-order valence-corrected chi connectivity index (χ1v) is 10.3. The van der Waals surface area contributed by atoms with E-state index < -0.39 is 0 Å². The van der Waals surface area contributed by atoms with Crippen LogP contribution in [0.1, 0.15) is 51.5 Å². The van der Waals surface area contributed by atoms with Gasteiger partial charge in [-0.1, -0.05) is 20.8 Å². The number of carbonyl (C=O) groups is 1. The molecule has 0 saturated carbocycles. The molecule has 0 aromatic carbocycles. The summed E-state index contributed by atoms with van der Waals surface area (Å²) < 4.78 is 1.48. The number of hydrogen-bond donors (Lipinski definition) is 0. The lowest BCUT2D eigenvalue weighted by atomic mass is 9.72. The summed E-state index contributed by atoms with van der Waals surface area (Å²) in [5, 5.41) is 0.743. The van der Waals surface area contributed by atoms with Gasteiger partial charge in [-0.15, -0.1) is 11.3 Å². The largest absolute Gasteiger partial charge is 0.342 e. The van der Waals surface area contributed by atoms with E-state index in [9.17, 15) is 9.59 Å². The van der Waals surface area contributed by atoms with Crippen molar-refractivity contribution in [2.45, 2.75) is 60.4 Å². The summed E-state index contributed by atoms with van der Waals surface area (Å²) in [6.07, 6.45) is 4.60. The van der Waals surface area contributed by atoms with Crippen molar-refractivity contribution in [2.75, 3.05) is 13.1 Å². The molecule has 1 amide bonds. The van der Waals surface area contributed by atoms with Crippen molar-refractivity contribution >= 4 is 27.5 Å². The first-order chi connectivity index (χ1) is 12.3. The molecule has 2 aromatic rings. The summed E-state index contributed by atoms with van der Waals surface area (Å²) in [5.41, 5.74) is 1.38. The van der Waals surface area contributed by atoms with Crippen molar-refractivity contribution in [3.05, 3.63) is 27.1 Å². The second kappa shape index (κ2) is 7.14. The summed E-state index contributed by atoms with van der Waals surface area (Å²) in [6, 6.07) is 0. The average molecular weight is 376 g/mol. The molecule has 2 aromatic heterocycles. The lowest BCUT2D eigenvalue weighted by Crippen LogP contribution is -2.36. The van der Waals surface area contributed by atoms with Crippen LogP contribution in [-0.4, -0.2) is 33.4 Å². The molecule has 0 saturated heterocycles. The Hall–Kier alpha value is -1.69. The summed E-state index contributed by atoms with van der Waals surface area (Å²) in [6.45, 7) is 12.2. The standard InChI is InChI=1S/C20H29N3O2S/c1-6-22(7-2)16(24)11-23-12-21-18-17(19(23)25)14-9-8-13(20(3,4)5)10-15(14)26-18/h12-13H,6-11H2,1-5H3/t13-/m0/s1. The number of rotatable bonds is 4. The van der Waals surface area contributed by atoms with E-state index in [0.29, 0.717) is 19.0 Å². The molecule has 0 fully saturated rings. The Morgan fingerprint density at radius 1 is 1.35 bits per heavy atom. The molecular weight excluding hydrogens is 346 g/mol. The van der Waals surface area contributed by atoms with Crippen LogP contribution >= 0.6 is 11.3 Å². The normalized spacial score (nSPS) is 17.3. The lowest BCUT2D eigenvalue weighted by Gasteiger charge is -2.33. The highest BCUT2D eigenvalue weighted by Crippen LogP contribution is 2.41. The van der Waals surface area contributed by atoms with E-state index in [2.05, 4.69) is 25.8 Å². The number of hydrogen-bond acceptors (Lipinski definition) is 4. The molecule has 0 N–H and O–H groups in total. The molecule has 5 nitrogen and oxygen atoms in total. The van der Waals surface area contributed by atoms with Gasteiger partial charge in [0.1, 0.15) is 11.4 Å². The number of likely N-dealkylation sites (N-methyl/N-ethyl adjacent to an activating group) is 1. The van der Waals surface area contributed by atoms with E-state index in [1.54, 1.807) is 16.2 Å². The molecule has 0 aliphatic heterocycles. The molecule has 142 valence electrons. The van der Waals surface area contributed by atoms with Gasteiger partial charge < -0.3 is 4.90 Å². The highest BCUT2D eigenvalue weighted by atomic mass is 32.1. The van der Waals surface area contributed by atoms with E-state index in [4.69, 9.17) is 0 Å². The number of aromatic nitrogens is 2. The predicted molar refractivity (Wildman–Crippen MR) is 107 cm³/mol. The molecule has 26 heavy (non-hydrogen) atoms. The van der Waals surface area contributed by atoms with Crippen molar-refractivity contribution in [1.82, 2.24) is 14.5 Å². The van der Waals surface area contributed by atoms with Crippen LogP contribution in [0.25, 0.3) is 10.2 Å². The molecule has 1 atom stereocenters. The third-order valence-corrected chi connectivity index (χ3v) is 6.84. The molecule has 0 spiro atoms. The van der Waals surface area contributed by atoms with Crippen LogP contribution < -0.4 is 5.56 Å². The second-order valence-corrected chi connectivity index (χ2v) is 9.32. The van der Waals surface area contributed by atoms with Gasteiger partial charge in [-0.2, -0.15) is 0 Å². The van der Waals surface area contributed by atoms with Crippen LogP contribution in [0.5, 0.6) is 0 Å². The second-order valence-electron chi connectivity index (χ2n) is 8.23. The number of aryl methyl sites for hydroxylation is 1. The van der Waals surface area contributed by atoms with Gasteiger partial charge in [-0.25, -0.2) is 4.98 Å². The van der Waals surface area contributed by atoms with Gasteiger partial charge in [-0.3, -0.25) is 14.2 Å². The SMILES string of the molecule is CCN(CC)C(=O)Cn1cnc2sc3c(c2c1=O)CC[C@H](C(C)(C)C)C3. The molecule has 0 unspecified atom stereocenters. The van der Waals surface area contributed by atoms with Crippen molar-refractivity contribution in [2.24, 2.45) is 11.3 Å². The summed E-state index contributed by atoms with van der Waals surface area (Å²) in [7, 11) is 0. The molecule has 0 bridgehead atoms. The van der Waals surface area contributed by atoms with E-state index in [1.165, 1.54) is 21.3 Å². The Labute approximate surface area is 159 Å². The van der Waals surface area contributed by atoms with Crippen molar-refractivity contribution < 1.29 is 4.79 Å². The molecule has 2 heterocycles. The van der Waals surface area contributed by atoms with Crippen LogP contribution in [0.2, 0.25) is 0 Å². The van der Waals surface area contributed by atoms with Gasteiger partial charge in [0.05, 0.1) is 11.7 Å². The fraction of sp³-hybridized carbons (Fsp3) is 0.650. The summed E-state index contributed by atoms with van der Waals surface area (Å²) >= 11 is 1.66. The number of nitrogens with zero attached hydrogens (tertiary/aromatic N) is 3. The van der Waals surface area contributed by atoms with Gasteiger partial charge in [0.2, 0.25) is 5.91 Å². The Kier molecular flexibility index (Phi) is 5.24. The maximum Gasteiger partial charge on any atom is 0.262 e. The van der Waals surface area contributed by atoms with Gasteiger partial charge in [-0.05, 0) is 50.0 Å². The zero-order valence-corrected chi connectivity index (χ0v) is 17.3. The van der Waals surface area contributed by atoms with Crippen LogP contribution in [0.15, 0.2) is 11.1 Å². The Morgan fingerprint density at radius 3 is 2.65 bits per heavy atom. The quantitative estimate of drug-likeness (QED) is 0.822. The first kappa shape index (κ1) is 19.1. The molecule has 6 heteroatoms. The maximum atomic E-state index is 13.0. The van der Waals surface area contributed by atoms with Gasteiger partial charge in [0, 0.05) is 18.0 Å². The van der Waals surface area contributed by atoms with E-state index in [1.807, 2.05) is 13.8 Å². The monoisotopic (exact) mass is 375 g/mol. The van der Waals surface area contributed by atoms with E-state index >= 15 is 0 Å². The lowest BCUT2D eigenvalue weighted by molar-refractivity contribution is -0.131. The topological polar surface area (TPSA) is 55.2 Å². The van der Waals surface area contributed by atoms with Crippen LogP contribution in [0.3, 0.4) is 0 Å². The third-order valence-electron chi connectivity index (χ3n) is 5.68. The minimum absolute atomic E-state index is 0.0323. The molecular formula is C20H29N3O2S. The molecule has 3 rings (SSSR count). The number of amides is 1. The van der Waals surface area contributed by atoms with Gasteiger partial charge >= 0.3 is 0 Å². The minimum atomic E-state index is -0.0674. The fourth-order valence-corrected chi connectivity index (χ4v) is 5.13. The van der Waals surface area contributed by atoms with Crippen molar-refractivity contribution in [3.63, 3.8) is 0 Å². The van der Waals surface area contributed by atoms with Crippen molar-refractivity contribution in [1.29, 1.82) is 0 Å². The van der Waals surface area contributed by atoms with Crippen LogP contribution in [-0.2, 0) is 24.2 Å². The molecule has 1 aliphatic carbocycles. The van der Waals surface area contributed by atoms with Gasteiger partial charge in [0.15, 0.2) is 0 Å². The Balaban J connectivity index is 1.96. The molecule has 1 aliphatic rings. The number of thiophene rings is 1. The molecule has 0 radical (unpaired) electrons.